The summed E-state index contributed by atoms with van der Waals surface area (Å²) >= 11 is 0. The van der Waals surface area contributed by atoms with Gasteiger partial charge in [0.05, 0.1) is 0 Å². The van der Waals surface area contributed by atoms with Gasteiger partial charge < -0.3 is 10.2 Å². The van der Waals surface area contributed by atoms with Gasteiger partial charge in [-0.3, -0.25) is 0 Å². The second-order valence-corrected chi connectivity index (χ2v) is 3.16. The Balaban J connectivity index is 0. The summed E-state index contributed by atoms with van der Waals surface area (Å²) in [6, 6.07) is 1.48. The third-order valence-electron chi connectivity index (χ3n) is 2.06. The van der Waals surface area contributed by atoms with Crippen LogP contribution in [0.5, 0.6) is 0 Å². The first kappa shape index (κ1) is 14.0. The Morgan fingerprint density at radius 2 is 1.82 bits per heavy atom. The van der Waals surface area contributed by atoms with E-state index in [9.17, 15) is 0 Å². The second-order valence-electron chi connectivity index (χ2n) is 3.16. The van der Waals surface area contributed by atoms with Crippen LogP contribution in [0.2, 0.25) is 0 Å². The van der Waals surface area contributed by atoms with Crippen molar-refractivity contribution in [1.29, 1.82) is 0 Å². The molecule has 0 aromatic carbocycles. The first-order valence-electron chi connectivity index (χ1n) is 3.60. The van der Waals surface area contributed by atoms with E-state index in [4.69, 9.17) is 0 Å². The van der Waals surface area contributed by atoms with E-state index in [1.54, 1.807) is 0 Å². The molecule has 1 aliphatic rings. The zero-order chi connectivity index (χ0) is 6.85. The van der Waals surface area contributed by atoms with Gasteiger partial charge in [-0.2, -0.15) is 0 Å². The molecule has 0 aromatic rings. The lowest BCUT2D eigenvalue weighted by molar-refractivity contribution is 0.310. The number of nitrogens with one attached hydrogen (secondary N) is 1. The minimum Gasteiger partial charge on any atom is -0.313 e. The molecule has 4 heteroatoms. The number of halogens is 2. The fourth-order valence-corrected chi connectivity index (χ4v) is 1.31. The molecule has 0 amide bonds. The SMILES string of the molecule is C[C@@H]1C[C@H](N(C)C)CN1.Cl.Cl. The molecule has 1 aliphatic heterocycles. The largest absolute Gasteiger partial charge is 0.313 e. The lowest BCUT2D eigenvalue weighted by Crippen LogP contribution is -2.29. The van der Waals surface area contributed by atoms with Crippen LogP contribution in [0.3, 0.4) is 0 Å². The molecule has 2 nitrogen and oxygen atoms in total. The van der Waals surface area contributed by atoms with Crippen molar-refractivity contribution in [3.63, 3.8) is 0 Å². The van der Waals surface area contributed by atoms with Crippen molar-refractivity contribution in [2.45, 2.75) is 25.4 Å². The molecule has 70 valence electrons. The minimum absolute atomic E-state index is 0. The van der Waals surface area contributed by atoms with Crippen molar-refractivity contribution >= 4 is 24.8 Å². The average Bonchev–Trinajstić information content (AvgIpc) is 2.14. The van der Waals surface area contributed by atoms with E-state index >= 15 is 0 Å². The molecule has 1 heterocycles. The fourth-order valence-electron chi connectivity index (χ4n) is 1.31. The van der Waals surface area contributed by atoms with Gasteiger partial charge in [0.25, 0.3) is 0 Å². The van der Waals surface area contributed by atoms with Crippen molar-refractivity contribution in [2.24, 2.45) is 0 Å². The molecule has 1 N–H and O–H groups in total. The van der Waals surface area contributed by atoms with Crippen LogP contribution in [0.15, 0.2) is 0 Å². The number of hydrogen-bond acceptors (Lipinski definition) is 2. The summed E-state index contributed by atoms with van der Waals surface area (Å²) in [4.78, 5) is 2.29. The van der Waals surface area contributed by atoms with E-state index in [0.29, 0.717) is 0 Å². The maximum atomic E-state index is 3.41. The minimum atomic E-state index is 0. The fraction of sp³-hybridized carbons (Fsp3) is 1.00. The third-order valence-corrected chi connectivity index (χ3v) is 2.06. The summed E-state index contributed by atoms with van der Waals surface area (Å²) < 4.78 is 0. The average molecular weight is 201 g/mol. The summed E-state index contributed by atoms with van der Waals surface area (Å²) in [6.07, 6.45) is 1.30. The molecule has 0 radical (unpaired) electrons. The molecule has 1 rings (SSSR count). The molecule has 1 fully saturated rings. The zero-order valence-corrected chi connectivity index (χ0v) is 8.97. The van der Waals surface area contributed by atoms with Crippen LogP contribution in [-0.2, 0) is 0 Å². The lowest BCUT2D eigenvalue weighted by atomic mass is 10.2. The maximum Gasteiger partial charge on any atom is 0.0229 e. The van der Waals surface area contributed by atoms with Crippen LogP contribution in [0.25, 0.3) is 0 Å². The highest BCUT2D eigenvalue weighted by Crippen LogP contribution is 2.09. The van der Waals surface area contributed by atoms with E-state index in [-0.39, 0.29) is 24.8 Å². The van der Waals surface area contributed by atoms with Crippen molar-refractivity contribution in [1.82, 2.24) is 10.2 Å². The second kappa shape index (κ2) is 6.06. The van der Waals surface area contributed by atoms with Crippen LogP contribution >= 0.6 is 24.8 Å². The summed E-state index contributed by atoms with van der Waals surface area (Å²) in [7, 11) is 4.29. The van der Waals surface area contributed by atoms with Crippen LogP contribution in [-0.4, -0.2) is 37.6 Å². The standard InChI is InChI=1S/C7H16N2.2ClH/c1-6-4-7(5-8-6)9(2)3;;/h6-8H,4-5H2,1-3H3;2*1H/t6-,7+;;/m1../s1. The predicted octanol–water partition coefficient (Wildman–Crippen LogP) is 1.14. The van der Waals surface area contributed by atoms with Gasteiger partial charge in [-0.25, -0.2) is 0 Å². The number of hydrogen-bond donors (Lipinski definition) is 1. The number of rotatable bonds is 1. The first-order chi connectivity index (χ1) is 4.20. The van der Waals surface area contributed by atoms with E-state index in [0.717, 1.165) is 18.6 Å². The Morgan fingerprint density at radius 3 is 2.00 bits per heavy atom. The Kier molecular flexibility index (Phi) is 7.75. The van der Waals surface area contributed by atoms with E-state index in [1.807, 2.05) is 0 Å². The van der Waals surface area contributed by atoms with Crippen LogP contribution < -0.4 is 5.32 Å². The van der Waals surface area contributed by atoms with Crippen LogP contribution in [0.1, 0.15) is 13.3 Å². The highest BCUT2D eigenvalue weighted by atomic mass is 35.5. The predicted molar refractivity (Wildman–Crippen MR) is 54.1 cm³/mol. The van der Waals surface area contributed by atoms with Gasteiger partial charge in [0.2, 0.25) is 0 Å². The van der Waals surface area contributed by atoms with Crippen molar-refractivity contribution in [3.8, 4) is 0 Å². The van der Waals surface area contributed by atoms with E-state index in [1.165, 1.54) is 6.42 Å². The lowest BCUT2D eigenvalue weighted by Gasteiger charge is -2.16. The van der Waals surface area contributed by atoms with Crippen molar-refractivity contribution in [3.05, 3.63) is 0 Å². The van der Waals surface area contributed by atoms with E-state index in [2.05, 4.69) is 31.2 Å². The smallest absolute Gasteiger partial charge is 0.0229 e. The van der Waals surface area contributed by atoms with Crippen LogP contribution in [0.4, 0.5) is 0 Å². The highest BCUT2D eigenvalue weighted by Gasteiger charge is 2.21. The summed E-state index contributed by atoms with van der Waals surface area (Å²) in [6.45, 7) is 3.40. The van der Waals surface area contributed by atoms with Gasteiger partial charge in [-0.05, 0) is 27.4 Å². The Labute approximate surface area is 81.5 Å². The van der Waals surface area contributed by atoms with Gasteiger partial charge >= 0.3 is 0 Å². The van der Waals surface area contributed by atoms with Gasteiger partial charge in [0.1, 0.15) is 0 Å². The molecule has 1 saturated heterocycles. The Bertz CT molecular complexity index is 98.4. The molecular formula is C7H18Cl2N2. The van der Waals surface area contributed by atoms with Crippen molar-refractivity contribution < 1.29 is 0 Å². The zero-order valence-electron chi connectivity index (χ0n) is 7.33. The van der Waals surface area contributed by atoms with Gasteiger partial charge in [-0.15, -0.1) is 24.8 Å². The molecule has 0 unspecified atom stereocenters. The topological polar surface area (TPSA) is 15.3 Å². The van der Waals surface area contributed by atoms with Gasteiger partial charge in [-0.1, -0.05) is 0 Å². The molecular weight excluding hydrogens is 183 g/mol. The Hall–Kier alpha value is 0.500. The first-order valence-corrected chi connectivity index (χ1v) is 3.60. The highest BCUT2D eigenvalue weighted by molar-refractivity contribution is 5.85. The number of nitrogens with zero attached hydrogens (tertiary/aromatic N) is 1. The molecule has 0 saturated carbocycles. The molecule has 2 atom stereocenters. The van der Waals surface area contributed by atoms with Crippen molar-refractivity contribution in [2.75, 3.05) is 20.6 Å². The van der Waals surface area contributed by atoms with Crippen LogP contribution in [0, 0.1) is 0 Å². The number of likely N-dealkylation sites (N-methyl/N-ethyl adjacent to an activating group) is 1. The van der Waals surface area contributed by atoms with Gasteiger partial charge in [0, 0.05) is 18.6 Å². The Morgan fingerprint density at radius 1 is 1.27 bits per heavy atom. The molecule has 0 aliphatic carbocycles. The van der Waals surface area contributed by atoms with Gasteiger partial charge in [0.15, 0.2) is 0 Å². The molecule has 0 aromatic heterocycles. The molecule has 0 spiro atoms. The summed E-state index contributed by atoms with van der Waals surface area (Å²) in [5.41, 5.74) is 0. The maximum absolute atomic E-state index is 3.41. The summed E-state index contributed by atoms with van der Waals surface area (Å²) in [5, 5.41) is 3.41. The monoisotopic (exact) mass is 200 g/mol. The molecule has 11 heavy (non-hydrogen) atoms. The van der Waals surface area contributed by atoms with E-state index < -0.39 is 0 Å². The third kappa shape index (κ3) is 4.16. The molecule has 0 bridgehead atoms. The quantitative estimate of drug-likeness (QED) is 0.684. The normalized spacial score (nSPS) is 29.5. The summed E-state index contributed by atoms with van der Waals surface area (Å²) in [5.74, 6) is 0.